The van der Waals surface area contributed by atoms with Crippen LogP contribution in [0.4, 0.5) is 18.0 Å². The van der Waals surface area contributed by atoms with Crippen LogP contribution in [-0.2, 0) is 28.7 Å². The van der Waals surface area contributed by atoms with Crippen LogP contribution in [0.3, 0.4) is 0 Å². The molecule has 148 valence electrons. The Morgan fingerprint density at radius 2 is 1.96 bits per heavy atom. The van der Waals surface area contributed by atoms with Gasteiger partial charge in [0.15, 0.2) is 0 Å². The number of halogens is 3. The number of carbonyl (C=O) groups is 2. The van der Waals surface area contributed by atoms with Gasteiger partial charge in [0.2, 0.25) is 5.91 Å². The van der Waals surface area contributed by atoms with Gasteiger partial charge in [-0.2, -0.15) is 18.3 Å². The van der Waals surface area contributed by atoms with Crippen LogP contribution in [0.15, 0.2) is 24.3 Å². The van der Waals surface area contributed by atoms with Gasteiger partial charge in [-0.05, 0) is 12.1 Å². The summed E-state index contributed by atoms with van der Waals surface area (Å²) in [6.45, 7) is 1.36. The van der Waals surface area contributed by atoms with Crippen molar-refractivity contribution in [3.63, 3.8) is 0 Å². The van der Waals surface area contributed by atoms with Gasteiger partial charge in [-0.25, -0.2) is 4.79 Å². The third kappa shape index (κ3) is 3.41. The number of hydrogen-bond acceptors (Lipinski definition) is 4. The van der Waals surface area contributed by atoms with E-state index in [9.17, 15) is 22.8 Å². The van der Waals surface area contributed by atoms with Gasteiger partial charge in [-0.1, -0.05) is 12.1 Å². The molecule has 0 bridgehead atoms. The first-order valence-electron chi connectivity index (χ1n) is 8.76. The number of cyclic esters (lactones) is 1. The fourth-order valence-electron chi connectivity index (χ4n) is 3.40. The van der Waals surface area contributed by atoms with E-state index in [-0.39, 0.29) is 25.6 Å². The number of rotatable bonds is 3. The zero-order valence-corrected chi connectivity index (χ0v) is 14.8. The van der Waals surface area contributed by atoms with Gasteiger partial charge in [0.1, 0.15) is 13.2 Å². The van der Waals surface area contributed by atoms with Crippen LogP contribution in [0.1, 0.15) is 16.8 Å². The highest BCUT2D eigenvalue weighted by atomic mass is 19.4. The van der Waals surface area contributed by atoms with Crippen LogP contribution in [-0.4, -0.2) is 58.2 Å². The molecule has 1 fully saturated rings. The maximum absolute atomic E-state index is 12.8. The molecule has 0 unspecified atom stereocenters. The molecule has 1 N–H and O–H groups in total. The molecule has 2 aliphatic rings. The number of ether oxygens (including phenoxy) is 1. The molecule has 2 amide bonds. The monoisotopic (exact) mass is 394 g/mol. The molecule has 4 rings (SSSR count). The lowest BCUT2D eigenvalue weighted by atomic mass is 10.00. The second-order valence-corrected chi connectivity index (χ2v) is 6.71. The molecule has 7 nitrogen and oxygen atoms in total. The quantitative estimate of drug-likeness (QED) is 0.867. The molecule has 0 saturated carbocycles. The molecule has 0 radical (unpaired) electrons. The maximum Gasteiger partial charge on any atom is 0.416 e. The predicted octanol–water partition coefficient (Wildman–Crippen LogP) is 2.43. The third-order valence-electron chi connectivity index (χ3n) is 4.94. The smallest absolute Gasteiger partial charge is 0.416 e. The highest BCUT2D eigenvalue weighted by molar-refractivity contribution is 5.83. The van der Waals surface area contributed by atoms with Gasteiger partial charge in [0.25, 0.3) is 0 Å². The molecule has 2 aromatic rings. The van der Waals surface area contributed by atoms with Gasteiger partial charge in [-0.3, -0.25) is 14.8 Å². The molecule has 1 saturated heterocycles. The Morgan fingerprint density at radius 1 is 1.21 bits per heavy atom. The van der Waals surface area contributed by atoms with E-state index in [2.05, 4.69) is 10.2 Å². The van der Waals surface area contributed by atoms with Gasteiger partial charge in [0.05, 0.1) is 17.8 Å². The molecular formula is C18H17F3N4O3. The first-order valence-corrected chi connectivity index (χ1v) is 8.76. The normalized spacial score (nSPS) is 16.9. The average Bonchev–Trinajstić information content (AvgIpc) is 3.27. The molecule has 28 heavy (non-hydrogen) atoms. The van der Waals surface area contributed by atoms with Gasteiger partial charge in [-0.15, -0.1) is 0 Å². The number of fused-ring (bicyclic) bond motifs is 1. The van der Waals surface area contributed by atoms with E-state index in [1.54, 1.807) is 4.90 Å². The van der Waals surface area contributed by atoms with Crippen molar-refractivity contribution in [2.75, 3.05) is 26.2 Å². The number of nitrogens with zero attached hydrogens (tertiary/aromatic N) is 3. The van der Waals surface area contributed by atoms with E-state index in [1.807, 2.05) is 0 Å². The van der Waals surface area contributed by atoms with E-state index in [4.69, 9.17) is 4.74 Å². The minimum atomic E-state index is -4.40. The van der Waals surface area contributed by atoms with Crippen molar-refractivity contribution in [3.8, 4) is 11.3 Å². The molecule has 3 heterocycles. The molecule has 0 spiro atoms. The highest BCUT2D eigenvalue weighted by Crippen LogP contribution is 2.33. The number of aromatic amines is 1. The van der Waals surface area contributed by atoms with Gasteiger partial charge < -0.3 is 9.64 Å². The van der Waals surface area contributed by atoms with E-state index < -0.39 is 17.8 Å². The number of alkyl halides is 3. The van der Waals surface area contributed by atoms with Crippen LogP contribution in [0.25, 0.3) is 11.3 Å². The Bertz CT molecular complexity index is 908. The third-order valence-corrected chi connectivity index (χ3v) is 4.94. The van der Waals surface area contributed by atoms with Crippen molar-refractivity contribution in [2.24, 2.45) is 0 Å². The van der Waals surface area contributed by atoms with Crippen molar-refractivity contribution in [1.29, 1.82) is 0 Å². The van der Waals surface area contributed by atoms with E-state index in [0.717, 1.165) is 23.4 Å². The number of aromatic nitrogens is 2. The second-order valence-electron chi connectivity index (χ2n) is 6.71. The van der Waals surface area contributed by atoms with E-state index in [0.29, 0.717) is 30.8 Å². The lowest BCUT2D eigenvalue weighted by molar-refractivity contribution is -0.137. The van der Waals surface area contributed by atoms with Crippen LogP contribution in [0, 0.1) is 0 Å². The summed E-state index contributed by atoms with van der Waals surface area (Å²) in [5, 5.41) is 7.15. The average molecular weight is 394 g/mol. The molecule has 1 aromatic heterocycles. The van der Waals surface area contributed by atoms with Crippen molar-refractivity contribution in [2.45, 2.75) is 19.1 Å². The summed E-state index contributed by atoms with van der Waals surface area (Å²) in [5.74, 6) is -0.205. The van der Waals surface area contributed by atoms with Crippen LogP contribution >= 0.6 is 0 Å². The largest absolute Gasteiger partial charge is 0.448 e. The van der Waals surface area contributed by atoms with Crippen LogP contribution in [0.5, 0.6) is 0 Å². The minimum absolute atomic E-state index is 0.0539. The fourth-order valence-corrected chi connectivity index (χ4v) is 3.40. The lowest BCUT2D eigenvalue weighted by Crippen LogP contribution is -2.43. The standard InChI is InChI=1S/C18H17F3N4O3/c19-18(20,21)12-3-1-11(2-4-12)16-13-9-24(6-5-14(13)22-23-16)15(26)10-25-7-8-28-17(25)27/h1-4H,5-10H2,(H,22,23). The molecule has 0 atom stereocenters. The van der Waals surface area contributed by atoms with Crippen molar-refractivity contribution in [3.05, 3.63) is 41.1 Å². The Hall–Kier alpha value is -3.04. The Labute approximate surface area is 158 Å². The number of amides is 2. The Kier molecular flexibility index (Phi) is 4.48. The molecule has 0 aliphatic carbocycles. The number of benzene rings is 1. The second kappa shape index (κ2) is 6.84. The topological polar surface area (TPSA) is 78.5 Å². The maximum atomic E-state index is 12.8. The van der Waals surface area contributed by atoms with Crippen molar-refractivity contribution >= 4 is 12.0 Å². The van der Waals surface area contributed by atoms with Gasteiger partial charge >= 0.3 is 12.3 Å². The number of carbonyl (C=O) groups excluding carboxylic acids is 2. The summed E-state index contributed by atoms with van der Waals surface area (Å²) < 4.78 is 43.1. The fraction of sp³-hybridized carbons (Fsp3) is 0.389. The summed E-state index contributed by atoms with van der Waals surface area (Å²) in [6, 6.07) is 4.78. The molecular weight excluding hydrogens is 377 g/mol. The van der Waals surface area contributed by atoms with Crippen molar-refractivity contribution in [1.82, 2.24) is 20.0 Å². The highest BCUT2D eigenvalue weighted by Gasteiger charge is 2.32. The Balaban J connectivity index is 1.52. The number of nitrogens with one attached hydrogen (secondary N) is 1. The van der Waals surface area contributed by atoms with E-state index in [1.165, 1.54) is 17.0 Å². The SMILES string of the molecule is O=C(CN1CCOC1=O)N1CCc2[nH]nc(-c3ccc(C(F)(F)F)cc3)c2C1. The van der Waals surface area contributed by atoms with Crippen molar-refractivity contribution < 1.29 is 27.5 Å². The summed E-state index contributed by atoms with van der Waals surface area (Å²) in [6.07, 6.45) is -4.34. The summed E-state index contributed by atoms with van der Waals surface area (Å²) in [5.41, 5.74) is 1.99. The predicted molar refractivity (Wildman–Crippen MR) is 91.1 cm³/mol. The molecule has 2 aliphatic heterocycles. The van der Waals surface area contributed by atoms with E-state index >= 15 is 0 Å². The summed E-state index contributed by atoms with van der Waals surface area (Å²) >= 11 is 0. The molecule has 1 aromatic carbocycles. The first-order chi connectivity index (χ1) is 13.3. The number of H-pyrrole nitrogens is 1. The minimum Gasteiger partial charge on any atom is -0.448 e. The zero-order chi connectivity index (χ0) is 19.9. The zero-order valence-electron chi connectivity index (χ0n) is 14.8. The van der Waals surface area contributed by atoms with Gasteiger partial charge in [0, 0.05) is 36.3 Å². The van der Waals surface area contributed by atoms with Crippen LogP contribution in [0.2, 0.25) is 0 Å². The Morgan fingerprint density at radius 3 is 2.61 bits per heavy atom. The first kappa shape index (κ1) is 18.3. The number of hydrogen-bond donors (Lipinski definition) is 1. The summed E-state index contributed by atoms with van der Waals surface area (Å²) in [7, 11) is 0. The van der Waals surface area contributed by atoms with Crippen LogP contribution < -0.4 is 0 Å². The summed E-state index contributed by atoms with van der Waals surface area (Å²) in [4.78, 5) is 27.1. The molecule has 10 heteroatoms. The lowest BCUT2D eigenvalue weighted by Gasteiger charge is -2.28.